The Hall–Kier alpha value is -1.85. The number of carbonyl (C=O) groups excluding carboxylic acids is 3. The maximum absolute atomic E-state index is 12.8. The molecule has 0 spiro atoms. The molecule has 0 saturated heterocycles. The van der Waals surface area contributed by atoms with Crippen LogP contribution in [0.5, 0.6) is 0 Å². The molecule has 0 aliphatic heterocycles. The molecule has 0 aliphatic carbocycles. The van der Waals surface area contributed by atoms with Gasteiger partial charge in [0.1, 0.15) is 13.2 Å². The molecule has 1 atom stereocenters. The summed E-state index contributed by atoms with van der Waals surface area (Å²) in [5.74, 6) is -0.851. The van der Waals surface area contributed by atoms with Gasteiger partial charge in [0.05, 0.1) is 0 Å². The van der Waals surface area contributed by atoms with E-state index in [0.717, 1.165) is 57.8 Å². The third kappa shape index (κ3) is 55.1. The molecule has 0 saturated carbocycles. The van der Waals surface area contributed by atoms with E-state index >= 15 is 0 Å². The number of hydrogen-bond acceptors (Lipinski definition) is 6. The highest BCUT2D eigenvalue weighted by atomic mass is 16.6. The summed E-state index contributed by atoms with van der Waals surface area (Å²) in [6.45, 7) is 6.66. The zero-order valence-electron chi connectivity index (χ0n) is 46.2. The molecule has 68 heavy (non-hydrogen) atoms. The van der Waals surface area contributed by atoms with Crippen LogP contribution in [0.1, 0.15) is 348 Å². The van der Waals surface area contributed by atoms with Crippen molar-refractivity contribution in [2.24, 2.45) is 0 Å². The molecule has 1 unspecified atom stereocenters. The summed E-state index contributed by atoms with van der Waals surface area (Å²) in [6, 6.07) is 0. The number of carbonyl (C=O) groups is 3. The van der Waals surface area contributed by atoms with Crippen LogP contribution in [0.15, 0.2) is 12.2 Å². The van der Waals surface area contributed by atoms with Crippen LogP contribution in [-0.2, 0) is 28.6 Å². The van der Waals surface area contributed by atoms with Gasteiger partial charge in [-0.3, -0.25) is 14.4 Å². The summed E-state index contributed by atoms with van der Waals surface area (Å²) in [5, 5.41) is 0. The van der Waals surface area contributed by atoms with Crippen LogP contribution in [0.2, 0.25) is 0 Å². The Kier molecular flexibility index (Phi) is 56.2. The van der Waals surface area contributed by atoms with Gasteiger partial charge >= 0.3 is 17.9 Å². The monoisotopic (exact) mass is 959 g/mol. The second-order valence-electron chi connectivity index (χ2n) is 21.0. The Morgan fingerprint density at radius 3 is 0.735 bits per heavy atom. The molecular formula is C62H118O6. The van der Waals surface area contributed by atoms with Crippen LogP contribution in [0.4, 0.5) is 0 Å². The number of allylic oxidation sites excluding steroid dienone is 2. The lowest BCUT2D eigenvalue weighted by atomic mass is 10.0. The van der Waals surface area contributed by atoms with Crippen LogP contribution in [0, 0.1) is 0 Å². The lowest BCUT2D eigenvalue weighted by molar-refractivity contribution is -0.167. The van der Waals surface area contributed by atoms with Crippen LogP contribution in [0.3, 0.4) is 0 Å². The first kappa shape index (κ1) is 66.2. The average molecular weight is 960 g/mol. The van der Waals surface area contributed by atoms with Crippen LogP contribution >= 0.6 is 0 Å². The Morgan fingerprint density at radius 2 is 0.485 bits per heavy atom. The summed E-state index contributed by atoms with van der Waals surface area (Å²) >= 11 is 0. The van der Waals surface area contributed by atoms with E-state index in [1.165, 1.54) is 250 Å². The molecule has 6 heteroatoms. The summed E-state index contributed by atoms with van der Waals surface area (Å²) in [5.41, 5.74) is 0. The molecule has 0 bridgehead atoms. The Balaban J connectivity index is 4.10. The smallest absolute Gasteiger partial charge is 0.306 e. The van der Waals surface area contributed by atoms with Gasteiger partial charge in [-0.25, -0.2) is 0 Å². The summed E-state index contributed by atoms with van der Waals surface area (Å²) < 4.78 is 16.8. The molecule has 0 aliphatic rings. The molecule has 0 heterocycles. The number of hydrogen-bond donors (Lipinski definition) is 0. The first-order valence-corrected chi connectivity index (χ1v) is 30.7. The van der Waals surface area contributed by atoms with E-state index in [4.69, 9.17) is 14.2 Å². The predicted octanol–water partition coefficient (Wildman–Crippen LogP) is 20.5. The van der Waals surface area contributed by atoms with Gasteiger partial charge in [-0.05, 0) is 44.9 Å². The molecule has 0 N–H and O–H groups in total. The molecule has 0 aromatic rings. The third-order valence-electron chi connectivity index (χ3n) is 14.0. The van der Waals surface area contributed by atoms with E-state index in [2.05, 4.69) is 32.9 Å². The minimum atomic E-state index is -0.766. The largest absolute Gasteiger partial charge is 0.462 e. The second-order valence-corrected chi connectivity index (χ2v) is 21.0. The molecule has 0 radical (unpaired) electrons. The number of ether oxygens (including phenoxy) is 3. The lowest BCUT2D eigenvalue weighted by Gasteiger charge is -2.18. The Labute approximate surface area is 424 Å². The third-order valence-corrected chi connectivity index (χ3v) is 14.0. The number of rotatable bonds is 57. The minimum absolute atomic E-state index is 0.0662. The second kappa shape index (κ2) is 57.7. The zero-order valence-corrected chi connectivity index (χ0v) is 46.2. The van der Waals surface area contributed by atoms with Gasteiger partial charge in [-0.15, -0.1) is 0 Å². The van der Waals surface area contributed by atoms with Gasteiger partial charge in [-0.2, -0.15) is 0 Å². The molecular weight excluding hydrogens is 841 g/mol. The van der Waals surface area contributed by atoms with Crippen molar-refractivity contribution in [2.45, 2.75) is 354 Å². The van der Waals surface area contributed by atoms with E-state index in [0.29, 0.717) is 19.3 Å². The van der Waals surface area contributed by atoms with E-state index in [1.54, 1.807) is 0 Å². The molecule has 6 nitrogen and oxygen atoms in total. The normalized spacial score (nSPS) is 12.0. The van der Waals surface area contributed by atoms with Crippen molar-refractivity contribution in [3.63, 3.8) is 0 Å². The van der Waals surface area contributed by atoms with Gasteiger partial charge in [0.2, 0.25) is 0 Å². The fraction of sp³-hybridized carbons (Fsp3) is 0.919. The Morgan fingerprint density at radius 1 is 0.279 bits per heavy atom. The van der Waals surface area contributed by atoms with Crippen LogP contribution in [0.25, 0.3) is 0 Å². The average Bonchev–Trinajstić information content (AvgIpc) is 3.34. The first-order valence-electron chi connectivity index (χ1n) is 30.7. The first-order chi connectivity index (χ1) is 33.5. The summed E-state index contributed by atoms with van der Waals surface area (Å²) in [6.07, 6.45) is 66.6. The number of esters is 3. The highest BCUT2D eigenvalue weighted by molar-refractivity contribution is 5.71. The molecule has 0 aromatic heterocycles. The van der Waals surface area contributed by atoms with E-state index in [9.17, 15) is 14.4 Å². The predicted molar refractivity (Wildman–Crippen MR) is 293 cm³/mol. The maximum Gasteiger partial charge on any atom is 0.306 e. The van der Waals surface area contributed by atoms with E-state index in [-0.39, 0.29) is 31.1 Å². The molecule has 0 aromatic carbocycles. The Bertz CT molecular complexity index is 1060. The van der Waals surface area contributed by atoms with E-state index < -0.39 is 6.10 Å². The van der Waals surface area contributed by atoms with Crippen molar-refractivity contribution in [1.82, 2.24) is 0 Å². The van der Waals surface area contributed by atoms with Gasteiger partial charge in [0.15, 0.2) is 6.10 Å². The van der Waals surface area contributed by atoms with Crippen molar-refractivity contribution in [3.05, 3.63) is 12.2 Å². The highest BCUT2D eigenvalue weighted by Crippen LogP contribution is 2.18. The van der Waals surface area contributed by atoms with Crippen molar-refractivity contribution in [2.75, 3.05) is 13.2 Å². The maximum atomic E-state index is 12.8. The van der Waals surface area contributed by atoms with Gasteiger partial charge in [0.25, 0.3) is 0 Å². The van der Waals surface area contributed by atoms with Crippen LogP contribution in [-0.4, -0.2) is 37.2 Å². The SMILES string of the molecule is CCCCCCCC/C=C\CCCCCCCCCC(=O)OC(COC(=O)CCCCCCCCCC)COC(=O)CCCCCCCCCCCCCCCCCCCCCCCCCCC. The van der Waals surface area contributed by atoms with Gasteiger partial charge in [0, 0.05) is 19.3 Å². The molecule has 0 fully saturated rings. The highest BCUT2D eigenvalue weighted by Gasteiger charge is 2.19. The van der Waals surface area contributed by atoms with E-state index in [1.807, 2.05) is 0 Å². The van der Waals surface area contributed by atoms with Gasteiger partial charge < -0.3 is 14.2 Å². The molecule has 0 rings (SSSR count). The van der Waals surface area contributed by atoms with Gasteiger partial charge in [-0.1, -0.05) is 296 Å². The van der Waals surface area contributed by atoms with Crippen molar-refractivity contribution in [3.8, 4) is 0 Å². The fourth-order valence-electron chi connectivity index (χ4n) is 9.38. The van der Waals surface area contributed by atoms with Crippen molar-refractivity contribution < 1.29 is 28.6 Å². The molecule has 0 amide bonds. The number of unbranched alkanes of at least 4 members (excludes halogenated alkanes) is 44. The standard InChI is InChI=1S/C62H118O6/c1-4-7-10-13-16-19-21-23-25-27-28-29-30-31-32-33-34-36-37-39-41-43-46-49-52-55-61(64)67-58-59(57-66-60(63)54-51-48-45-18-15-12-9-6-3)68-62(65)56-53-50-47-44-42-40-38-35-26-24-22-20-17-14-11-8-5-2/h24,26,59H,4-23,25,27-58H2,1-3H3/b26-24-. The zero-order chi connectivity index (χ0) is 49.3. The van der Waals surface area contributed by atoms with Crippen molar-refractivity contribution >= 4 is 17.9 Å². The molecule has 402 valence electrons. The summed E-state index contributed by atoms with van der Waals surface area (Å²) in [7, 11) is 0. The topological polar surface area (TPSA) is 78.9 Å². The lowest BCUT2D eigenvalue weighted by Crippen LogP contribution is -2.30. The summed E-state index contributed by atoms with van der Waals surface area (Å²) in [4.78, 5) is 38.0. The quantitative estimate of drug-likeness (QED) is 0.0262. The minimum Gasteiger partial charge on any atom is -0.462 e. The fourth-order valence-corrected chi connectivity index (χ4v) is 9.38. The van der Waals surface area contributed by atoms with Crippen molar-refractivity contribution in [1.29, 1.82) is 0 Å². The van der Waals surface area contributed by atoms with Crippen LogP contribution < -0.4 is 0 Å².